The second-order valence-corrected chi connectivity index (χ2v) is 7.47. The average Bonchev–Trinajstić information content (AvgIpc) is 2.67. The van der Waals surface area contributed by atoms with E-state index in [9.17, 15) is 9.59 Å². The molecule has 0 aliphatic heterocycles. The van der Waals surface area contributed by atoms with Crippen LogP contribution in [-0.4, -0.2) is 44.6 Å². The molecule has 1 N–H and O–H groups in total. The Labute approximate surface area is 159 Å². The molecule has 1 fully saturated rings. The van der Waals surface area contributed by atoms with Crippen LogP contribution in [0.2, 0.25) is 0 Å². The maximum absolute atomic E-state index is 12.5. The van der Waals surface area contributed by atoms with Crippen LogP contribution >= 0.6 is 0 Å². The highest BCUT2D eigenvalue weighted by molar-refractivity contribution is 5.93. The van der Waals surface area contributed by atoms with Crippen LogP contribution in [0, 0.1) is 5.92 Å². The quantitative estimate of drug-likeness (QED) is 0.809. The van der Waals surface area contributed by atoms with Gasteiger partial charge in [0.2, 0.25) is 0 Å². The summed E-state index contributed by atoms with van der Waals surface area (Å²) in [6.07, 6.45) is 6.01. The van der Waals surface area contributed by atoms with E-state index in [1.54, 1.807) is 18.2 Å². The Morgan fingerprint density at radius 1 is 1.26 bits per heavy atom. The molecule has 146 valence electrons. The molecule has 1 saturated carbocycles. The van der Waals surface area contributed by atoms with E-state index in [2.05, 4.69) is 5.32 Å². The van der Waals surface area contributed by atoms with Crippen LogP contribution in [-0.2, 0) is 0 Å². The van der Waals surface area contributed by atoms with Gasteiger partial charge in [-0.05, 0) is 45.0 Å². The minimum absolute atomic E-state index is 0.0342. The monoisotopic (exact) mass is 372 g/mol. The van der Waals surface area contributed by atoms with Gasteiger partial charge in [-0.25, -0.2) is 0 Å². The van der Waals surface area contributed by atoms with Crippen molar-refractivity contribution in [1.82, 2.24) is 10.2 Å². The van der Waals surface area contributed by atoms with E-state index in [0.29, 0.717) is 35.8 Å². The molecule has 0 unspecified atom stereocenters. The molecule has 1 aliphatic rings. The number of fused-ring (bicyclic) bond motifs is 1. The topological polar surface area (TPSA) is 71.8 Å². The minimum atomic E-state index is -0.345. The van der Waals surface area contributed by atoms with Crippen LogP contribution in [0.5, 0.6) is 5.75 Å². The summed E-state index contributed by atoms with van der Waals surface area (Å²) < 4.78 is 11.6. The number of hydrogen-bond donors (Lipinski definition) is 1. The van der Waals surface area contributed by atoms with Crippen molar-refractivity contribution in [3.05, 3.63) is 40.2 Å². The number of carbonyl (C=O) groups is 1. The maximum atomic E-state index is 12.5. The van der Waals surface area contributed by atoms with Crippen LogP contribution in [0.15, 0.2) is 33.5 Å². The third-order valence-electron chi connectivity index (χ3n) is 5.01. The predicted molar refractivity (Wildman–Crippen MR) is 105 cm³/mol. The molecule has 1 aliphatic carbocycles. The SMILES string of the molecule is CN(C)CCOc1cccc2c(=O)cc(C(=O)NCC3CCCCC3)oc12. The second-order valence-electron chi connectivity index (χ2n) is 7.47. The van der Waals surface area contributed by atoms with E-state index < -0.39 is 0 Å². The molecule has 27 heavy (non-hydrogen) atoms. The van der Waals surface area contributed by atoms with Crippen molar-refractivity contribution in [2.24, 2.45) is 5.92 Å². The Hall–Kier alpha value is -2.34. The highest BCUT2D eigenvalue weighted by Gasteiger charge is 2.18. The maximum Gasteiger partial charge on any atom is 0.287 e. The van der Waals surface area contributed by atoms with E-state index >= 15 is 0 Å². The summed E-state index contributed by atoms with van der Waals surface area (Å²) in [5, 5.41) is 3.34. The number of nitrogens with one attached hydrogen (secondary N) is 1. The number of benzene rings is 1. The predicted octanol–water partition coefficient (Wildman–Crippen LogP) is 3.04. The molecule has 0 saturated heterocycles. The van der Waals surface area contributed by atoms with Crippen LogP contribution in [0.25, 0.3) is 11.0 Å². The lowest BCUT2D eigenvalue weighted by Crippen LogP contribution is -2.30. The first-order chi connectivity index (χ1) is 13.0. The normalized spacial score (nSPS) is 15.2. The molecule has 1 heterocycles. The first-order valence-corrected chi connectivity index (χ1v) is 9.67. The van der Waals surface area contributed by atoms with Crippen molar-refractivity contribution in [2.45, 2.75) is 32.1 Å². The number of ether oxygens (including phenoxy) is 1. The Morgan fingerprint density at radius 3 is 2.78 bits per heavy atom. The zero-order valence-corrected chi connectivity index (χ0v) is 16.1. The molecule has 0 atom stereocenters. The first-order valence-electron chi connectivity index (χ1n) is 9.67. The molecule has 0 bridgehead atoms. The molecular formula is C21H28N2O4. The van der Waals surface area contributed by atoms with Gasteiger partial charge in [-0.3, -0.25) is 9.59 Å². The average molecular weight is 372 g/mol. The Bertz CT molecular complexity index is 838. The van der Waals surface area contributed by atoms with Crippen molar-refractivity contribution in [2.75, 3.05) is 33.8 Å². The summed E-state index contributed by atoms with van der Waals surface area (Å²) in [5.74, 6) is 0.683. The lowest BCUT2D eigenvalue weighted by molar-refractivity contribution is 0.0916. The van der Waals surface area contributed by atoms with Gasteiger partial charge in [0.1, 0.15) is 6.61 Å². The minimum Gasteiger partial charge on any atom is -0.488 e. The highest BCUT2D eigenvalue weighted by atomic mass is 16.5. The van der Waals surface area contributed by atoms with Crippen molar-refractivity contribution >= 4 is 16.9 Å². The number of amides is 1. The molecular weight excluding hydrogens is 344 g/mol. The number of para-hydroxylation sites is 1. The molecule has 6 heteroatoms. The first kappa shape index (κ1) is 19.4. The summed E-state index contributed by atoms with van der Waals surface area (Å²) in [7, 11) is 3.92. The molecule has 6 nitrogen and oxygen atoms in total. The van der Waals surface area contributed by atoms with Gasteiger partial charge < -0.3 is 19.4 Å². The van der Waals surface area contributed by atoms with Gasteiger partial charge in [0.25, 0.3) is 5.91 Å². The smallest absolute Gasteiger partial charge is 0.287 e. The zero-order chi connectivity index (χ0) is 19.2. The van der Waals surface area contributed by atoms with E-state index in [4.69, 9.17) is 9.15 Å². The van der Waals surface area contributed by atoms with E-state index in [-0.39, 0.29) is 17.1 Å². The van der Waals surface area contributed by atoms with Gasteiger partial charge >= 0.3 is 0 Å². The third kappa shape index (κ3) is 5.10. The van der Waals surface area contributed by atoms with Crippen LogP contribution in [0.1, 0.15) is 42.7 Å². The van der Waals surface area contributed by atoms with Gasteiger partial charge in [-0.15, -0.1) is 0 Å². The number of rotatable bonds is 7. The zero-order valence-electron chi connectivity index (χ0n) is 16.1. The Morgan fingerprint density at radius 2 is 2.04 bits per heavy atom. The molecule has 1 aromatic heterocycles. The lowest BCUT2D eigenvalue weighted by atomic mass is 9.89. The van der Waals surface area contributed by atoms with Gasteiger partial charge in [0.05, 0.1) is 5.39 Å². The summed E-state index contributed by atoms with van der Waals surface area (Å²) >= 11 is 0. The number of nitrogens with zero attached hydrogens (tertiary/aromatic N) is 1. The molecule has 1 aromatic carbocycles. The number of carbonyl (C=O) groups excluding carboxylic acids is 1. The molecule has 2 aromatic rings. The molecule has 1 amide bonds. The fraction of sp³-hybridized carbons (Fsp3) is 0.524. The van der Waals surface area contributed by atoms with E-state index in [1.165, 1.54) is 25.3 Å². The van der Waals surface area contributed by atoms with Crippen molar-refractivity contribution in [3.8, 4) is 5.75 Å². The van der Waals surface area contributed by atoms with Crippen molar-refractivity contribution in [1.29, 1.82) is 0 Å². The summed E-state index contributed by atoms with van der Waals surface area (Å²) in [4.78, 5) is 27.0. The lowest BCUT2D eigenvalue weighted by Gasteiger charge is -2.21. The number of hydrogen-bond acceptors (Lipinski definition) is 5. The Kier molecular flexibility index (Phi) is 6.50. The van der Waals surface area contributed by atoms with Crippen LogP contribution in [0.4, 0.5) is 0 Å². The third-order valence-corrected chi connectivity index (χ3v) is 5.01. The van der Waals surface area contributed by atoms with Crippen molar-refractivity contribution in [3.63, 3.8) is 0 Å². The number of likely N-dealkylation sites (N-methyl/N-ethyl adjacent to an activating group) is 1. The largest absolute Gasteiger partial charge is 0.488 e. The van der Waals surface area contributed by atoms with Gasteiger partial charge in [0.15, 0.2) is 22.5 Å². The highest BCUT2D eigenvalue weighted by Crippen LogP contribution is 2.25. The van der Waals surface area contributed by atoms with Crippen molar-refractivity contribution < 1.29 is 13.9 Å². The molecule has 0 spiro atoms. The van der Waals surface area contributed by atoms with Crippen LogP contribution in [0.3, 0.4) is 0 Å². The van der Waals surface area contributed by atoms with Gasteiger partial charge in [-0.2, -0.15) is 0 Å². The van der Waals surface area contributed by atoms with Crippen LogP contribution < -0.4 is 15.5 Å². The molecule has 3 rings (SSSR count). The van der Waals surface area contributed by atoms with Gasteiger partial charge in [-0.1, -0.05) is 25.3 Å². The van der Waals surface area contributed by atoms with E-state index in [1.807, 2.05) is 19.0 Å². The second kappa shape index (κ2) is 9.04. The standard InChI is InChI=1S/C21H28N2O4/c1-23(2)11-12-26-18-10-6-9-16-17(24)13-19(27-20(16)18)21(25)22-14-15-7-4-3-5-8-15/h6,9-10,13,15H,3-5,7-8,11-12,14H2,1-2H3,(H,22,25). The molecule has 0 radical (unpaired) electrons. The van der Waals surface area contributed by atoms with E-state index in [0.717, 1.165) is 19.4 Å². The fourth-order valence-corrected chi connectivity index (χ4v) is 3.43. The summed E-state index contributed by atoms with van der Waals surface area (Å²) in [5.41, 5.74) is 0.0868. The fourth-order valence-electron chi connectivity index (χ4n) is 3.43. The Balaban J connectivity index is 1.77. The summed E-state index contributed by atoms with van der Waals surface area (Å²) in [6, 6.07) is 6.46. The summed E-state index contributed by atoms with van der Waals surface area (Å²) in [6.45, 7) is 1.83. The van der Waals surface area contributed by atoms with Gasteiger partial charge in [0, 0.05) is 19.2 Å².